The zero-order valence-electron chi connectivity index (χ0n) is 32.9. The molecule has 1 aliphatic rings. The van der Waals surface area contributed by atoms with E-state index in [-0.39, 0.29) is 5.41 Å². The van der Waals surface area contributed by atoms with Crippen molar-refractivity contribution in [2.24, 2.45) is 0 Å². The van der Waals surface area contributed by atoms with Gasteiger partial charge in [-0.1, -0.05) is 184 Å². The summed E-state index contributed by atoms with van der Waals surface area (Å²) >= 11 is 0. The van der Waals surface area contributed by atoms with Gasteiger partial charge in [0.25, 0.3) is 0 Å². The van der Waals surface area contributed by atoms with Crippen LogP contribution in [0.5, 0.6) is 0 Å². The van der Waals surface area contributed by atoms with Crippen molar-refractivity contribution < 1.29 is 0 Å². The van der Waals surface area contributed by atoms with E-state index in [9.17, 15) is 0 Å². The van der Waals surface area contributed by atoms with E-state index < -0.39 is 0 Å². The average Bonchev–Trinajstić information content (AvgIpc) is 3.54. The highest BCUT2D eigenvalue weighted by molar-refractivity contribution is 6.25. The molecule has 1 aliphatic carbocycles. The number of fused-ring (bicyclic) bond motifs is 12. The van der Waals surface area contributed by atoms with Crippen molar-refractivity contribution in [2.75, 3.05) is 0 Å². The fourth-order valence-electron chi connectivity index (χ4n) is 9.98. The largest absolute Gasteiger partial charge is 0.228 e. The van der Waals surface area contributed by atoms with E-state index in [0.717, 1.165) is 33.5 Å². The van der Waals surface area contributed by atoms with Crippen LogP contribution >= 0.6 is 0 Å². The van der Waals surface area contributed by atoms with Crippen molar-refractivity contribution in [1.29, 1.82) is 0 Å². The summed E-state index contributed by atoms with van der Waals surface area (Å²) in [6.07, 6.45) is 0. The maximum absolute atomic E-state index is 5.41. The lowest BCUT2D eigenvalue weighted by molar-refractivity contribution is 0.661. The van der Waals surface area contributed by atoms with Crippen molar-refractivity contribution >= 4 is 53.9 Å². The van der Waals surface area contributed by atoms with Gasteiger partial charge in [-0.25, -0.2) is 9.97 Å². The first kappa shape index (κ1) is 33.7. The van der Waals surface area contributed by atoms with Crippen LogP contribution in [0.3, 0.4) is 0 Å². The van der Waals surface area contributed by atoms with E-state index in [1.165, 1.54) is 81.9 Å². The van der Waals surface area contributed by atoms with E-state index in [1.54, 1.807) is 0 Å². The molecule has 0 N–H and O–H groups in total. The quantitative estimate of drug-likeness (QED) is 0.167. The maximum atomic E-state index is 5.41. The molecule has 0 saturated heterocycles. The zero-order chi connectivity index (χ0) is 39.2. The molecule has 2 nitrogen and oxygen atoms in total. The molecule has 0 atom stereocenters. The summed E-state index contributed by atoms with van der Waals surface area (Å²) in [6.45, 7) is 4.71. The van der Waals surface area contributed by atoms with Crippen molar-refractivity contribution in [1.82, 2.24) is 9.97 Å². The SMILES string of the molecule is CC1(C)c2ccc(-c3ccc(-c4nc(-c5ccccc5)cc(-c5ccc6c7ccccc7c7ccccc7c6c5)n4)c4ccccc34)cc2-c2c1ccc1ccccc21. The molecule has 0 fully saturated rings. The molecule has 1 aromatic heterocycles. The Morgan fingerprint density at radius 2 is 0.847 bits per heavy atom. The lowest BCUT2D eigenvalue weighted by Crippen LogP contribution is -2.14. The summed E-state index contributed by atoms with van der Waals surface area (Å²) in [7, 11) is 0. The molecule has 12 rings (SSSR count). The van der Waals surface area contributed by atoms with Gasteiger partial charge in [-0.2, -0.15) is 0 Å². The van der Waals surface area contributed by atoms with Gasteiger partial charge in [0.15, 0.2) is 5.82 Å². The van der Waals surface area contributed by atoms with Gasteiger partial charge in [-0.3, -0.25) is 0 Å². The fourth-order valence-corrected chi connectivity index (χ4v) is 9.98. The van der Waals surface area contributed by atoms with Gasteiger partial charge in [-0.05, 0) is 112 Å². The van der Waals surface area contributed by atoms with Crippen LogP contribution in [0.2, 0.25) is 0 Å². The average molecular weight is 751 g/mol. The van der Waals surface area contributed by atoms with Gasteiger partial charge in [0.1, 0.15) is 0 Å². The second-order valence-corrected chi connectivity index (χ2v) is 16.5. The van der Waals surface area contributed by atoms with E-state index in [4.69, 9.17) is 9.97 Å². The van der Waals surface area contributed by atoms with Crippen LogP contribution < -0.4 is 0 Å². The molecule has 0 saturated carbocycles. The predicted molar refractivity (Wildman–Crippen MR) is 249 cm³/mol. The Kier molecular flexibility index (Phi) is 7.31. The van der Waals surface area contributed by atoms with Crippen molar-refractivity contribution in [3.8, 4) is 56.2 Å². The Morgan fingerprint density at radius 1 is 0.322 bits per heavy atom. The molecule has 11 aromatic rings. The van der Waals surface area contributed by atoms with E-state index >= 15 is 0 Å². The Bertz CT molecular complexity index is 3490. The van der Waals surface area contributed by atoms with Crippen LogP contribution in [-0.4, -0.2) is 9.97 Å². The first-order chi connectivity index (χ1) is 29.0. The maximum Gasteiger partial charge on any atom is 0.161 e. The summed E-state index contributed by atoms with van der Waals surface area (Å²) in [5, 5.41) is 12.4. The summed E-state index contributed by atoms with van der Waals surface area (Å²) in [6, 6.07) is 70.7. The van der Waals surface area contributed by atoms with Crippen LogP contribution in [0.25, 0.3) is 110 Å². The van der Waals surface area contributed by atoms with Crippen LogP contribution in [0.15, 0.2) is 194 Å². The standard InChI is InChI=1S/C57H38N2/c1-57(2)51-30-26-37(32-50(51)55-40-17-7-6-14-35(40)25-31-52(55)57)39-28-29-48(45-22-12-8-18-41(39)45)56-58-53(36-15-4-3-5-16-36)34-54(59-56)38-24-27-47-44-21-10-9-19-42(44)43-20-11-13-23-46(43)49(47)33-38/h3-34H,1-2H3. The highest BCUT2D eigenvalue weighted by Crippen LogP contribution is 2.52. The normalized spacial score (nSPS) is 13.1. The van der Waals surface area contributed by atoms with Crippen molar-refractivity contribution in [2.45, 2.75) is 19.3 Å². The predicted octanol–water partition coefficient (Wildman–Crippen LogP) is 15.2. The summed E-state index contributed by atoms with van der Waals surface area (Å²) in [4.78, 5) is 10.7. The van der Waals surface area contributed by atoms with Crippen LogP contribution in [0.1, 0.15) is 25.0 Å². The molecule has 0 aliphatic heterocycles. The van der Waals surface area contributed by atoms with Gasteiger partial charge < -0.3 is 0 Å². The van der Waals surface area contributed by atoms with Crippen LogP contribution in [0, 0.1) is 0 Å². The molecule has 0 bridgehead atoms. The summed E-state index contributed by atoms with van der Waals surface area (Å²) in [5.74, 6) is 0.712. The van der Waals surface area contributed by atoms with Gasteiger partial charge >= 0.3 is 0 Å². The number of nitrogens with zero attached hydrogens (tertiary/aromatic N) is 2. The van der Waals surface area contributed by atoms with Crippen LogP contribution in [0.4, 0.5) is 0 Å². The third-order valence-electron chi connectivity index (χ3n) is 12.9. The molecular formula is C57H38N2. The van der Waals surface area contributed by atoms with Crippen molar-refractivity contribution in [3.63, 3.8) is 0 Å². The zero-order valence-corrected chi connectivity index (χ0v) is 32.9. The highest BCUT2D eigenvalue weighted by atomic mass is 14.9. The van der Waals surface area contributed by atoms with Gasteiger partial charge in [0.05, 0.1) is 11.4 Å². The minimum Gasteiger partial charge on any atom is -0.228 e. The number of benzene rings is 10. The molecule has 0 amide bonds. The molecule has 0 radical (unpaired) electrons. The second kappa shape index (κ2) is 12.8. The van der Waals surface area contributed by atoms with Crippen molar-refractivity contribution in [3.05, 3.63) is 205 Å². The van der Waals surface area contributed by atoms with E-state index in [1.807, 2.05) is 0 Å². The molecule has 276 valence electrons. The first-order valence-corrected chi connectivity index (χ1v) is 20.5. The smallest absolute Gasteiger partial charge is 0.161 e. The third kappa shape index (κ3) is 5.13. The molecule has 1 heterocycles. The highest BCUT2D eigenvalue weighted by Gasteiger charge is 2.36. The Hall–Kier alpha value is -7.42. The second-order valence-electron chi connectivity index (χ2n) is 16.5. The minimum atomic E-state index is -0.0795. The first-order valence-electron chi connectivity index (χ1n) is 20.5. The lowest BCUT2D eigenvalue weighted by Gasteiger charge is -2.21. The molecule has 10 aromatic carbocycles. The summed E-state index contributed by atoms with van der Waals surface area (Å²) < 4.78 is 0. The lowest BCUT2D eigenvalue weighted by atomic mass is 9.81. The monoisotopic (exact) mass is 750 g/mol. The Balaban J connectivity index is 1.04. The molecular weight excluding hydrogens is 713 g/mol. The molecule has 59 heavy (non-hydrogen) atoms. The van der Waals surface area contributed by atoms with Gasteiger partial charge in [0.2, 0.25) is 0 Å². The topological polar surface area (TPSA) is 25.8 Å². The number of aromatic nitrogens is 2. The summed E-state index contributed by atoms with van der Waals surface area (Å²) in [5.41, 5.74) is 12.7. The third-order valence-corrected chi connectivity index (χ3v) is 12.9. The minimum absolute atomic E-state index is 0.0795. The van der Waals surface area contributed by atoms with Gasteiger partial charge in [0, 0.05) is 22.1 Å². The number of hydrogen-bond donors (Lipinski definition) is 0. The van der Waals surface area contributed by atoms with Gasteiger partial charge in [-0.15, -0.1) is 0 Å². The van der Waals surface area contributed by atoms with Crippen LogP contribution in [-0.2, 0) is 5.41 Å². The molecule has 0 spiro atoms. The van der Waals surface area contributed by atoms with E-state index in [0.29, 0.717) is 5.82 Å². The number of hydrogen-bond acceptors (Lipinski definition) is 2. The number of rotatable bonds is 4. The fraction of sp³-hybridized carbons (Fsp3) is 0.0526. The Morgan fingerprint density at radius 3 is 1.56 bits per heavy atom. The Labute approximate surface area is 343 Å². The molecule has 2 heteroatoms. The van der Waals surface area contributed by atoms with E-state index in [2.05, 4.69) is 208 Å². The molecule has 0 unspecified atom stereocenters.